The molecule has 0 saturated heterocycles. The van der Waals surface area contributed by atoms with Gasteiger partial charge in [0.15, 0.2) is 0 Å². The average molecular weight is 167 g/mol. The van der Waals surface area contributed by atoms with Crippen molar-refractivity contribution in [2.75, 3.05) is 26.2 Å². The summed E-state index contributed by atoms with van der Waals surface area (Å²) >= 11 is 0. The average Bonchev–Trinajstić information content (AvgIpc) is 2.03. The molecule has 0 bridgehead atoms. The molecular weight excluding hydrogens is 145 g/mol. The maximum absolute atomic E-state index is 5.35. The first-order chi connectivity index (χ1) is 5.41. The number of hydrogen-bond donors (Lipinski definition) is 3. The Morgan fingerprint density at radius 2 is 1.17 bits per heavy atom. The Bertz CT molecular complexity index is 63.3. The molecule has 0 unspecified atom stereocenters. The first-order valence-corrected chi connectivity index (χ1v) is 4.52. The Kier molecular flexibility index (Phi) is 17.5. The van der Waals surface area contributed by atoms with Crippen molar-refractivity contribution in [2.45, 2.75) is 25.7 Å². The Morgan fingerprint density at radius 1 is 0.750 bits per heavy atom. The van der Waals surface area contributed by atoms with Gasteiger partial charge in [-0.1, -0.05) is 0 Å². The molecule has 0 rings (SSSR count). The molecule has 0 heterocycles. The molecule has 0 aromatic rings. The first-order valence-electron chi connectivity index (χ1n) is 4.52. The summed E-state index contributed by atoms with van der Waals surface area (Å²) in [4.78, 5) is 0. The van der Waals surface area contributed by atoms with Gasteiger partial charge in [0.2, 0.25) is 0 Å². The second-order valence-electron chi connectivity index (χ2n) is 2.74. The molecule has 0 aromatic carbocycles. The monoisotopic (exact) mass is 167 g/mol. The summed E-state index contributed by atoms with van der Waals surface area (Å²) in [7, 11) is 0. The van der Waals surface area contributed by atoms with Crippen LogP contribution in [0.5, 0.6) is 0 Å². The van der Waals surface area contributed by atoms with E-state index < -0.39 is 0 Å². The second kappa shape index (κ2) is 14.0. The van der Waals surface area contributed by atoms with Gasteiger partial charge in [-0.25, -0.2) is 0 Å². The Hall–Kier alpha value is 0.477. The Labute approximate surface area is 87.8 Å². The predicted octanol–water partition coefficient (Wildman–Crippen LogP) is -0.595. The van der Waals surface area contributed by atoms with Gasteiger partial charge in [0.25, 0.3) is 0 Å². The second-order valence-corrected chi connectivity index (χ2v) is 2.74. The van der Waals surface area contributed by atoms with Crippen molar-refractivity contribution >= 4 is 18.9 Å². The van der Waals surface area contributed by atoms with Crippen LogP contribution in [0.25, 0.3) is 0 Å². The molecule has 0 aliphatic heterocycles. The van der Waals surface area contributed by atoms with Crippen LogP contribution >= 0.6 is 0 Å². The summed E-state index contributed by atoms with van der Waals surface area (Å²) in [5, 5.41) is 3.34. The van der Waals surface area contributed by atoms with Gasteiger partial charge in [-0.05, 0) is 51.9 Å². The van der Waals surface area contributed by atoms with Gasteiger partial charge in [0, 0.05) is 0 Å². The van der Waals surface area contributed by atoms with Gasteiger partial charge < -0.3 is 16.8 Å². The number of rotatable bonds is 8. The van der Waals surface area contributed by atoms with Crippen molar-refractivity contribution < 1.29 is 0 Å². The van der Waals surface area contributed by atoms with Crippen LogP contribution in [0.15, 0.2) is 0 Å². The van der Waals surface area contributed by atoms with Crippen LogP contribution in [-0.4, -0.2) is 45.0 Å². The quantitative estimate of drug-likeness (QED) is 0.334. The van der Waals surface area contributed by atoms with Crippen molar-refractivity contribution in [3.63, 3.8) is 0 Å². The molecule has 0 aliphatic carbocycles. The summed E-state index contributed by atoms with van der Waals surface area (Å²) in [5.41, 5.74) is 10.7. The summed E-state index contributed by atoms with van der Waals surface area (Å²) < 4.78 is 0. The van der Waals surface area contributed by atoms with Gasteiger partial charge in [-0.2, -0.15) is 0 Å². The zero-order valence-corrected chi connectivity index (χ0v) is 7.31. The summed E-state index contributed by atoms with van der Waals surface area (Å²) in [6.45, 7) is 3.82. The minimum atomic E-state index is 0. The van der Waals surface area contributed by atoms with Crippen molar-refractivity contribution in [1.29, 1.82) is 0 Å². The normalized spacial score (nSPS) is 9.50. The molecule has 70 valence electrons. The molecule has 0 spiro atoms. The molecule has 0 aromatic heterocycles. The van der Waals surface area contributed by atoms with E-state index >= 15 is 0 Å². The van der Waals surface area contributed by atoms with Crippen LogP contribution in [0.2, 0.25) is 0 Å². The van der Waals surface area contributed by atoms with E-state index in [9.17, 15) is 0 Å². The molecule has 0 atom stereocenters. The van der Waals surface area contributed by atoms with Crippen LogP contribution in [0.3, 0.4) is 0 Å². The fourth-order valence-electron chi connectivity index (χ4n) is 0.914. The summed E-state index contributed by atoms with van der Waals surface area (Å²) in [6.07, 6.45) is 4.64. The Morgan fingerprint density at radius 3 is 1.50 bits per heavy atom. The fraction of sp³-hybridized carbons (Fsp3) is 1.00. The number of hydrogen-bond acceptors (Lipinski definition) is 3. The molecule has 5 N–H and O–H groups in total. The molecular formula is C8H22LiN3. The zero-order valence-electron chi connectivity index (χ0n) is 7.31. The summed E-state index contributed by atoms with van der Waals surface area (Å²) in [6, 6.07) is 0. The number of unbranched alkanes of at least 4 members (excludes halogenated alkanes) is 2. The van der Waals surface area contributed by atoms with E-state index in [-0.39, 0.29) is 18.9 Å². The maximum atomic E-state index is 5.35. The van der Waals surface area contributed by atoms with Crippen molar-refractivity contribution in [3.05, 3.63) is 0 Å². The predicted molar refractivity (Wildman–Crippen MR) is 56.6 cm³/mol. The van der Waals surface area contributed by atoms with Crippen LogP contribution in [0.4, 0.5) is 0 Å². The third kappa shape index (κ3) is 13.1. The van der Waals surface area contributed by atoms with E-state index in [0.717, 1.165) is 39.0 Å². The molecule has 0 amide bonds. The van der Waals surface area contributed by atoms with E-state index in [1.54, 1.807) is 0 Å². The molecule has 0 radical (unpaired) electrons. The van der Waals surface area contributed by atoms with Crippen molar-refractivity contribution in [2.24, 2.45) is 11.5 Å². The minimum absolute atomic E-state index is 0. The molecule has 4 heteroatoms. The van der Waals surface area contributed by atoms with Crippen molar-refractivity contribution in [3.8, 4) is 0 Å². The van der Waals surface area contributed by atoms with E-state index in [1.165, 1.54) is 12.8 Å². The molecule has 0 aliphatic rings. The zero-order chi connectivity index (χ0) is 8.36. The number of nitrogens with one attached hydrogen (secondary N) is 1. The molecule has 12 heavy (non-hydrogen) atoms. The SMILES string of the molecule is NCCCCNCCCCN.[LiH]. The van der Waals surface area contributed by atoms with Crippen molar-refractivity contribution in [1.82, 2.24) is 5.32 Å². The molecule has 3 nitrogen and oxygen atoms in total. The Balaban J connectivity index is 0. The van der Waals surface area contributed by atoms with Gasteiger partial charge >= 0.3 is 18.9 Å². The number of nitrogens with two attached hydrogens (primary N) is 2. The van der Waals surface area contributed by atoms with E-state index in [1.807, 2.05) is 0 Å². The molecule has 0 saturated carbocycles. The topological polar surface area (TPSA) is 64.1 Å². The van der Waals surface area contributed by atoms with Crippen LogP contribution in [0, 0.1) is 0 Å². The van der Waals surface area contributed by atoms with E-state index in [2.05, 4.69) is 5.32 Å². The van der Waals surface area contributed by atoms with Gasteiger partial charge in [-0.3, -0.25) is 0 Å². The van der Waals surface area contributed by atoms with Gasteiger partial charge in [0.05, 0.1) is 0 Å². The van der Waals surface area contributed by atoms with Gasteiger partial charge in [0.1, 0.15) is 0 Å². The standard InChI is InChI=1S/C8H21N3.Li.H/c9-5-1-3-7-11-8-4-2-6-10;;/h11H,1-10H2;;. The van der Waals surface area contributed by atoms with E-state index in [0.29, 0.717) is 0 Å². The fourth-order valence-corrected chi connectivity index (χ4v) is 0.914. The summed E-state index contributed by atoms with van der Waals surface area (Å²) in [5.74, 6) is 0. The van der Waals surface area contributed by atoms with Gasteiger partial charge in [-0.15, -0.1) is 0 Å². The third-order valence-corrected chi connectivity index (χ3v) is 1.62. The third-order valence-electron chi connectivity index (χ3n) is 1.62. The van der Waals surface area contributed by atoms with Crippen LogP contribution < -0.4 is 16.8 Å². The molecule has 0 fully saturated rings. The van der Waals surface area contributed by atoms with Crippen LogP contribution in [-0.2, 0) is 0 Å². The van der Waals surface area contributed by atoms with E-state index in [4.69, 9.17) is 11.5 Å². The van der Waals surface area contributed by atoms with Crippen LogP contribution in [0.1, 0.15) is 25.7 Å². The first kappa shape index (κ1) is 15.0.